The predicted molar refractivity (Wildman–Crippen MR) is 81.1 cm³/mol. The normalized spacial score (nSPS) is 11.8. The average Bonchev–Trinajstić information content (AvgIpc) is 2.40. The first-order valence-electron chi connectivity index (χ1n) is 6.45. The highest BCUT2D eigenvalue weighted by atomic mass is 35.5. The minimum absolute atomic E-state index is 0.155. The molecule has 0 radical (unpaired) electrons. The van der Waals surface area contributed by atoms with Gasteiger partial charge in [-0.1, -0.05) is 36.2 Å². The van der Waals surface area contributed by atoms with Crippen molar-refractivity contribution in [3.8, 4) is 0 Å². The lowest BCUT2D eigenvalue weighted by Crippen LogP contribution is -2.45. The van der Waals surface area contributed by atoms with E-state index in [0.29, 0.717) is 16.6 Å². The van der Waals surface area contributed by atoms with Crippen molar-refractivity contribution in [1.29, 1.82) is 0 Å². The molecule has 1 aromatic carbocycles. The quantitative estimate of drug-likeness (QED) is 0.847. The van der Waals surface area contributed by atoms with Crippen molar-refractivity contribution in [1.82, 2.24) is 10.6 Å². The van der Waals surface area contributed by atoms with Crippen molar-refractivity contribution in [3.05, 3.63) is 33.8 Å². The van der Waals surface area contributed by atoms with Crippen LogP contribution in [-0.4, -0.2) is 24.4 Å². The molecule has 110 valence electrons. The molecule has 6 heteroatoms. The lowest BCUT2D eigenvalue weighted by atomic mass is 10.1. The van der Waals surface area contributed by atoms with Crippen molar-refractivity contribution < 1.29 is 9.59 Å². The minimum atomic E-state index is -0.558. The van der Waals surface area contributed by atoms with Crippen LogP contribution in [-0.2, 0) is 16.0 Å². The topological polar surface area (TPSA) is 58.2 Å². The molecule has 1 aromatic rings. The summed E-state index contributed by atoms with van der Waals surface area (Å²) < 4.78 is 0. The van der Waals surface area contributed by atoms with Crippen LogP contribution >= 0.6 is 23.2 Å². The summed E-state index contributed by atoms with van der Waals surface area (Å²) in [5.41, 5.74) is 0.748. The highest BCUT2D eigenvalue weighted by Crippen LogP contribution is 2.22. The summed E-state index contributed by atoms with van der Waals surface area (Å²) >= 11 is 11.7. The Morgan fingerprint density at radius 3 is 2.55 bits per heavy atom. The smallest absolute Gasteiger partial charge is 0.242 e. The molecule has 0 aliphatic rings. The zero-order valence-corrected chi connectivity index (χ0v) is 13.0. The van der Waals surface area contributed by atoms with Crippen molar-refractivity contribution in [2.45, 2.75) is 32.7 Å². The molecule has 4 nitrogen and oxygen atoms in total. The van der Waals surface area contributed by atoms with E-state index in [-0.39, 0.29) is 18.2 Å². The predicted octanol–water partition coefficient (Wildman–Crippen LogP) is 2.57. The first-order chi connectivity index (χ1) is 9.43. The van der Waals surface area contributed by atoms with Crippen molar-refractivity contribution >= 4 is 35.0 Å². The zero-order chi connectivity index (χ0) is 15.1. The fourth-order valence-electron chi connectivity index (χ4n) is 1.59. The first-order valence-corrected chi connectivity index (χ1v) is 7.20. The van der Waals surface area contributed by atoms with Gasteiger partial charge in [-0.25, -0.2) is 0 Å². The van der Waals surface area contributed by atoms with Crippen molar-refractivity contribution in [2.24, 2.45) is 0 Å². The Labute approximate surface area is 128 Å². The largest absolute Gasteiger partial charge is 0.354 e. The van der Waals surface area contributed by atoms with E-state index in [4.69, 9.17) is 23.2 Å². The van der Waals surface area contributed by atoms with Crippen LogP contribution in [0.2, 0.25) is 10.0 Å². The molecule has 0 aliphatic carbocycles. The second-order valence-corrected chi connectivity index (χ2v) is 5.32. The van der Waals surface area contributed by atoms with Gasteiger partial charge in [-0.3, -0.25) is 9.59 Å². The van der Waals surface area contributed by atoms with Gasteiger partial charge in [0.1, 0.15) is 6.04 Å². The summed E-state index contributed by atoms with van der Waals surface area (Å²) in [6.07, 6.45) is 1.01. The molecule has 0 spiro atoms. The number of nitrogens with one attached hydrogen (secondary N) is 2. The molecular weight excluding hydrogens is 299 g/mol. The second kappa shape index (κ2) is 8.12. The molecule has 20 heavy (non-hydrogen) atoms. The molecule has 2 N–H and O–H groups in total. The number of carbonyl (C=O) groups excluding carboxylic acids is 2. The number of carbonyl (C=O) groups is 2. The molecule has 0 aliphatic heterocycles. The van der Waals surface area contributed by atoms with Gasteiger partial charge in [0, 0.05) is 6.54 Å². The number of hydrogen-bond acceptors (Lipinski definition) is 2. The van der Waals surface area contributed by atoms with E-state index in [1.807, 2.05) is 6.92 Å². The van der Waals surface area contributed by atoms with E-state index in [2.05, 4.69) is 10.6 Å². The maximum atomic E-state index is 11.8. The van der Waals surface area contributed by atoms with E-state index in [9.17, 15) is 9.59 Å². The van der Waals surface area contributed by atoms with Crippen LogP contribution < -0.4 is 10.6 Å². The number of benzene rings is 1. The Morgan fingerprint density at radius 1 is 1.25 bits per heavy atom. The first kappa shape index (κ1) is 16.8. The molecule has 1 rings (SSSR count). The number of rotatable bonds is 6. The summed E-state index contributed by atoms with van der Waals surface area (Å²) in [6, 6.07) is 4.46. The average molecular weight is 317 g/mol. The van der Waals surface area contributed by atoms with Gasteiger partial charge in [-0.2, -0.15) is 0 Å². The van der Waals surface area contributed by atoms with E-state index < -0.39 is 6.04 Å². The van der Waals surface area contributed by atoms with Gasteiger partial charge in [-0.05, 0) is 31.0 Å². The molecule has 0 saturated carbocycles. The van der Waals surface area contributed by atoms with E-state index in [1.54, 1.807) is 25.1 Å². The summed E-state index contributed by atoms with van der Waals surface area (Å²) in [5, 5.41) is 6.23. The van der Waals surface area contributed by atoms with Crippen LogP contribution in [0.5, 0.6) is 0 Å². The van der Waals surface area contributed by atoms with E-state index in [0.717, 1.165) is 12.0 Å². The highest BCUT2D eigenvalue weighted by molar-refractivity contribution is 6.42. The maximum absolute atomic E-state index is 11.8. The number of halogens is 2. The highest BCUT2D eigenvalue weighted by Gasteiger charge is 2.15. The van der Waals surface area contributed by atoms with E-state index in [1.165, 1.54) is 0 Å². The number of hydrogen-bond donors (Lipinski definition) is 2. The van der Waals surface area contributed by atoms with Crippen LogP contribution in [0.15, 0.2) is 18.2 Å². The van der Waals surface area contributed by atoms with Gasteiger partial charge >= 0.3 is 0 Å². The summed E-state index contributed by atoms with van der Waals surface area (Å²) in [4.78, 5) is 23.5. The lowest BCUT2D eigenvalue weighted by molar-refractivity contribution is -0.128. The molecule has 1 atom stereocenters. The van der Waals surface area contributed by atoms with E-state index >= 15 is 0 Å². The molecule has 0 fully saturated rings. The molecule has 0 heterocycles. The molecule has 0 bridgehead atoms. The fourth-order valence-corrected chi connectivity index (χ4v) is 1.92. The summed E-state index contributed by atoms with van der Waals surface area (Å²) in [6.45, 7) is 4.22. The van der Waals surface area contributed by atoms with Crippen LogP contribution in [0.4, 0.5) is 0 Å². The summed E-state index contributed by atoms with van der Waals surface area (Å²) in [7, 11) is 0. The number of amides is 2. The minimum Gasteiger partial charge on any atom is -0.354 e. The SMILES string of the molecule is CCCNC(=O)[C@H](C)NC(=O)Cc1ccc(Cl)c(Cl)c1. The Bertz CT molecular complexity index is 492. The van der Waals surface area contributed by atoms with Gasteiger partial charge in [0.2, 0.25) is 11.8 Å². The standard InChI is InChI=1S/C14H18Cl2N2O2/c1-3-6-17-14(20)9(2)18-13(19)8-10-4-5-11(15)12(16)7-10/h4-5,7,9H,3,6,8H2,1-2H3,(H,17,20)(H,18,19)/t9-/m0/s1. The monoisotopic (exact) mass is 316 g/mol. The van der Waals surface area contributed by atoms with Crippen molar-refractivity contribution in [3.63, 3.8) is 0 Å². The van der Waals surface area contributed by atoms with Crippen LogP contribution in [0.25, 0.3) is 0 Å². The molecular formula is C14H18Cl2N2O2. The Balaban J connectivity index is 2.50. The van der Waals surface area contributed by atoms with Crippen LogP contribution in [0.1, 0.15) is 25.8 Å². The summed E-state index contributed by atoms with van der Waals surface area (Å²) in [5.74, 6) is -0.420. The van der Waals surface area contributed by atoms with Crippen LogP contribution in [0.3, 0.4) is 0 Å². The van der Waals surface area contributed by atoms with Gasteiger partial charge in [-0.15, -0.1) is 0 Å². The van der Waals surface area contributed by atoms with Gasteiger partial charge in [0.15, 0.2) is 0 Å². The lowest BCUT2D eigenvalue weighted by Gasteiger charge is -2.14. The van der Waals surface area contributed by atoms with Crippen molar-refractivity contribution in [2.75, 3.05) is 6.54 Å². The second-order valence-electron chi connectivity index (χ2n) is 4.51. The third kappa shape index (κ3) is 5.39. The Hall–Kier alpha value is -1.26. The molecule has 0 aromatic heterocycles. The van der Waals surface area contributed by atoms with Gasteiger partial charge in [0.05, 0.1) is 16.5 Å². The van der Waals surface area contributed by atoms with Gasteiger partial charge in [0.25, 0.3) is 0 Å². The third-order valence-electron chi connectivity index (χ3n) is 2.67. The Morgan fingerprint density at radius 2 is 1.95 bits per heavy atom. The maximum Gasteiger partial charge on any atom is 0.242 e. The molecule has 2 amide bonds. The fraction of sp³-hybridized carbons (Fsp3) is 0.429. The molecule has 0 unspecified atom stereocenters. The zero-order valence-electron chi connectivity index (χ0n) is 11.5. The Kier molecular flexibility index (Phi) is 6.82. The molecule has 0 saturated heterocycles. The van der Waals surface area contributed by atoms with Crippen LogP contribution in [0, 0.1) is 0 Å². The third-order valence-corrected chi connectivity index (χ3v) is 3.41. The van der Waals surface area contributed by atoms with Gasteiger partial charge < -0.3 is 10.6 Å².